The molecule has 0 aromatic heterocycles. The van der Waals surface area contributed by atoms with Gasteiger partial charge in [0.05, 0.1) is 0 Å². The van der Waals surface area contributed by atoms with Crippen LogP contribution < -0.4 is 0 Å². The minimum atomic E-state index is -1.51. The average Bonchev–Trinajstić information content (AvgIpc) is 2.37. The second kappa shape index (κ2) is 4.54. The van der Waals surface area contributed by atoms with Gasteiger partial charge in [-0.2, -0.15) is 0 Å². The third kappa shape index (κ3) is 6.58. The summed E-state index contributed by atoms with van der Waals surface area (Å²) in [4.78, 5) is 0. The van der Waals surface area contributed by atoms with Gasteiger partial charge in [0.15, 0.2) is 0 Å². The smallest absolute Gasteiger partial charge is 0.244 e. The zero-order valence-corrected chi connectivity index (χ0v) is 9.68. The van der Waals surface area contributed by atoms with Crippen molar-refractivity contribution in [3.8, 4) is 0 Å². The lowest BCUT2D eigenvalue weighted by Crippen LogP contribution is -2.06. The van der Waals surface area contributed by atoms with E-state index in [4.69, 9.17) is 51.5 Å². The summed E-state index contributed by atoms with van der Waals surface area (Å²) in [5.41, 5.74) is 0. The van der Waals surface area contributed by atoms with Crippen molar-refractivity contribution >= 4 is 46.4 Å². The number of ether oxygens (including phenoxy) is 1. The molecular formula is C6H10Cl4O2. The molecule has 1 aliphatic rings. The van der Waals surface area contributed by atoms with E-state index in [9.17, 15) is 0 Å². The van der Waals surface area contributed by atoms with Gasteiger partial charge in [-0.3, -0.25) is 0 Å². The minimum absolute atomic E-state index is 0.0285. The molecule has 0 amide bonds. The Morgan fingerprint density at radius 1 is 1.50 bits per heavy atom. The molecule has 0 radical (unpaired) electrons. The van der Waals surface area contributed by atoms with Gasteiger partial charge < -0.3 is 9.84 Å². The van der Waals surface area contributed by atoms with E-state index in [1.807, 2.05) is 6.92 Å². The van der Waals surface area contributed by atoms with Crippen LogP contribution in [0.3, 0.4) is 0 Å². The highest BCUT2D eigenvalue weighted by Gasteiger charge is 2.50. The van der Waals surface area contributed by atoms with E-state index >= 15 is 0 Å². The van der Waals surface area contributed by atoms with E-state index in [0.717, 1.165) is 0 Å². The molecule has 1 heterocycles. The molecule has 1 aliphatic heterocycles. The first-order valence-corrected chi connectivity index (χ1v) is 4.86. The van der Waals surface area contributed by atoms with Gasteiger partial charge in [-0.25, -0.2) is 0 Å². The maximum atomic E-state index is 8.36. The molecular weight excluding hydrogens is 246 g/mol. The van der Waals surface area contributed by atoms with Crippen molar-refractivity contribution in [1.29, 1.82) is 0 Å². The van der Waals surface area contributed by atoms with Crippen LogP contribution in [0, 0.1) is 0 Å². The van der Waals surface area contributed by atoms with Gasteiger partial charge in [0.2, 0.25) is 9.04 Å². The monoisotopic (exact) mass is 254 g/mol. The fraction of sp³-hybridized carbons (Fsp3) is 1.00. The normalized spacial score (nSPS) is 25.8. The van der Waals surface area contributed by atoms with E-state index in [1.165, 1.54) is 0 Å². The summed E-state index contributed by atoms with van der Waals surface area (Å²) in [6, 6.07) is 0. The topological polar surface area (TPSA) is 32.8 Å². The molecule has 0 bridgehead atoms. The summed E-state index contributed by atoms with van der Waals surface area (Å²) in [7, 11) is 0. The number of hydrogen-bond acceptors (Lipinski definition) is 2. The van der Waals surface area contributed by atoms with Crippen LogP contribution in [0.15, 0.2) is 0 Å². The second-order valence-corrected chi connectivity index (χ2v) is 5.10. The van der Waals surface area contributed by atoms with E-state index < -0.39 is 9.04 Å². The summed E-state index contributed by atoms with van der Waals surface area (Å²) in [5.74, 6) is 0. The van der Waals surface area contributed by atoms with Gasteiger partial charge in [0, 0.05) is 6.42 Å². The van der Waals surface area contributed by atoms with Gasteiger partial charge >= 0.3 is 0 Å². The molecule has 1 rings (SSSR count). The van der Waals surface area contributed by atoms with Crippen molar-refractivity contribution < 1.29 is 9.84 Å². The molecule has 1 saturated heterocycles. The Morgan fingerprint density at radius 3 is 1.67 bits per heavy atom. The van der Waals surface area contributed by atoms with Crippen LogP contribution in [0.1, 0.15) is 20.3 Å². The number of rotatable bonds is 1. The molecule has 0 spiro atoms. The largest absolute Gasteiger partial charge is 0.363 e. The number of hydrogen-bond donors (Lipinski definition) is 1. The third-order valence-electron chi connectivity index (χ3n) is 1.18. The summed E-state index contributed by atoms with van der Waals surface area (Å²) in [6.45, 7) is 3.51. The highest BCUT2D eigenvalue weighted by molar-refractivity contribution is 6.49. The Kier molecular flexibility index (Phi) is 4.95. The standard InChI is InChI=1S/C3H4Cl2O.C3H6Cl2O/c1-2-3(4,5)6-2;1-2-3(4,5)6/h2H,1H3;6H,2H2,1H3. The van der Waals surface area contributed by atoms with Crippen LogP contribution in [0.5, 0.6) is 0 Å². The van der Waals surface area contributed by atoms with Gasteiger partial charge in [0.1, 0.15) is 6.10 Å². The van der Waals surface area contributed by atoms with Crippen molar-refractivity contribution in [2.75, 3.05) is 0 Å². The predicted molar refractivity (Wildman–Crippen MR) is 51.9 cm³/mol. The molecule has 12 heavy (non-hydrogen) atoms. The maximum Gasteiger partial charge on any atom is 0.244 e. The molecule has 1 N–H and O–H groups in total. The molecule has 0 aliphatic carbocycles. The van der Waals surface area contributed by atoms with Crippen LogP contribution in [-0.2, 0) is 4.74 Å². The lowest BCUT2D eigenvalue weighted by atomic mass is 10.5. The molecule has 1 atom stereocenters. The molecule has 0 aromatic rings. The molecule has 0 aromatic carbocycles. The van der Waals surface area contributed by atoms with Crippen LogP contribution in [0.25, 0.3) is 0 Å². The lowest BCUT2D eigenvalue weighted by Gasteiger charge is -2.04. The van der Waals surface area contributed by atoms with Crippen molar-refractivity contribution in [1.82, 2.24) is 0 Å². The highest BCUT2D eigenvalue weighted by Crippen LogP contribution is 2.43. The van der Waals surface area contributed by atoms with Gasteiger partial charge in [0.25, 0.3) is 0 Å². The Morgan fingerprint density at radius 2 is 1.67 bits per heavy atom. The summed E-state index contributed by atoms with van der Waals surface area (Å²) >= 11 is 20.7. The fourth-order valence-corrected chi connectivity index (χ4v) is 0.469. The first-order valence-electron chi connectivity index (χ1n) is 3.35. The predicted octanol–water partition coefficient (Wildman–Crippen LogP) is 3.06. The number of epoxide rings is 1. The Hall–Kier alpha value is 1.08. The number of aliphatic hydroxyl groups is 1. The maximum absolute atomic E-state index is 8.36. The molecule has 6 heteroatoms. The fourth-order valence-electron chi connectivity index (χ4n) is 0.202. The van der Waals surface area contributed by atoms with E-state index in [-0.39, 0.29) is 6.10 Å². The van der Waals surface area contributed by atoms with Crippen molar-refractivity contribution in [2.24, 2.45) is 0 Å². The Bertz CT molecular complexity index is 135. The van der Waals surface area contributed by atoms with Crippen LogP contribution in [0.2, 0.25) is 0 Å². The Labute approximate surface area is 91.7 Å². The molecule has 0 saturated carbocycles. The number of halogens is 4. The number of alkyl halides is 4. The molecule has 2 nitrogen and oxygen atoms in total. The van der Waals surface area contributed by atoms with E-state index in [2.05, 4.69) is 4.74 Å². The van der Waals surface area contributed by atoms with Gasteiger partial charge in [-0.15, -0.1) is 0 Å². The average molecular weight is 256 g/mol. The molecule has 1 unspecified atom stereocenters. The van der Waals surface area contributed by atoms with E-state index in [1.54, 1.807) is 6.92 Å². The quantitative estimate of drug-likeness (QED) is 0.577. The third-order valence-corrected chi connectivity index (χ3v) is 2.50. The minimum Gasteiger partial charge on any atom is -0.363 e. The van der Waals surface area contributed by atoms with Crippen molar-refractivity contribution in [3.63, 3.8) is 0 Å². The van der Waals surface area contributed by atoms with Crippen LogP contribution in [0.4, 0.5) is 0 Å². The van der Waals surface area contributed by atoms with Crippen LogP contribution in [-0.4, -0.2) is 20.2 Å². The van der Waals surface area contributed by atoms with E-state index in [0.29, 0.717) is 6.42 Å². The van der Waals surface area contributed by atoms with Crippen molar-refractivity contribution in [2.45, 2.75) is 35.4 Å². The van der Waals surface area contributed by atoms with Crippen molar-refractivity contribution in [3.05, 3.63) is 0 Å². The zero-order valence-electron chi connectivity index (χ0n) is 6.65. The lowest BCUT2D eigenvalue weighted by molar-refractivity contribution is 0.210. The summed E-state index contributed by atoms with van der Waals surface area (Å²) in [6.07, 6.45) is 0.386. The first kappa shape index (κ1) is 13.1. The Balaban J connectivity index is 0.000000202. The molecule has 74 valence electrons. The highest BCUT2D eigenvalue weighted by atomic mass is 35.5. The SMILES string of the molecule is CC1OC1(Cl)Cl.CCC(O)(Cl)Cl. The van der Waals surface area contributed by atoms with Crippen LogP contribution >= 0.6 is 46.4 Å². The zero-order chi connectivity index (χ0) is 9.99. The van der Waals surface area contributed by atoms with Gasteiger partial charge in [-0.05, 0) is 6.92 Å². The summed E-state index contributed by atoms with van der Waals surface area (Å²) < 4.78 is 2.27. The van der Waals surface area contributed by atoms with Gasteiger partial charge in [-0.1, -0.05) is 53.3 Å². The summed E-state index contributed by atoms with van der Waals surface area (Å²) in [5, 5.41) is 8.36. The first-order chi connectivity index (χ1) is 5.19. The molecule has 1 fully saturated rings. The second-order valence-electron chi connectivity index (χ2n) is 2.34.